The molecule has 0 aliphatic carbocycles. The number of hydrogen-bond donors (Lipinski definition) is 1. The van der Waals surface area contributed by atoms with E-state index in [1.165, 1.54) is 10.9 Å². The molecule has 98 valence electrons. The number of carbonyl (C=O) groups is 1. The van der Waals surface area contributed by atoms with Crippen LogP contribution in [0.25, 0.3) is 10.9 Å². The fourth-order valence-electron chi connectivity index (χ4n) is 2.69. The number of nitrogens with zero attached hydrogens (tertiary/aromatic N) is 1. The van der Waals surface area contributed by atoms with Gasteiger partial charge in [-0.25, -0.2) is 0 Å². The average molecular weight is 254 g/mol. The smallest absolute Gasteiger partial charge is 0.223 e. The third-order valence-electron chi connectivity index (χ3n) is 3.87. The molecule has 1 aliphatic rings. The summed E-state index contributed by atoms with van der Waals surface area (Å²) < 4.78 is 0. The predicted molar refractivity (Wildman–Crippen MR) is 76.9 cm³/mol. The lowest BCUT2D eigenvalue weighted by Crippen LogP contribution is -2.27. The van der Waals surface area contributed by atoms with Gasteiger partial charge < -0.3 is 9.88 Å². The molecule has 1 unspecified atom stereocenters. The largest absolute Gasteiger partial charge is 0.361 e. The minimum absolute atomic E-state index is 0.255. The van der Waals surface area contributed by atoms with Crippen molar-refractivity contribution in [1.29, 1.82) is 0 Å². The Morgan fingerprint density at radius 1 is 1.42 bits per heavy atom. The van der Waals surface area contributed by atoms with Crippen LogP contribution < -0.4 is 0 Å². The molecule has 1 fully saturated rings. The summed E-state index contributed by atoms with van der Waals surface area (Å²) in [5.74, 6) is 0.587. The second kappa shape index (κ2) is 4.92. The summed E-state index contributed by atoms with van der Waals surface area (Å²) in [6.45, 7) is 5.40. The molecule has 1 atom stereocenters. The zero-order valence-electron chi connectivity index (χ0n) is 10.9. The van der Waals surface area contributed by atoms with Crippen molar-refractivity contribution in [3.05, 3.63) is 48.7 Å². The van der Waals surface area contributed by atoms with E-state index >= 15 is 0 Å². The minimum atomic E-state index is 0.255. The molecule has 3 heteroatoms. The van der Waals surface area contributed by atoms with E-state index < -0.39 is 0 Å². The summed E-state index contributed by atoms with van der Waals surface area (Å²) in [6.07, 6.45) is 5.37. The fraction of sp³-hybridized carbons (Fsp3) is 0.312. The zero-order valence-corrected chi connectivity index (χ0v) is 10.9. The van der Waals surface area contributed by atoms with Crippen molar-refractivity contribution in [2.75, 3.05) is 13.1 Å². The summed E-state index contributed by atoms with van der Waals surface area (Å²) in [5.41, 5.74) is 2.43. The maximum Gasteiger partial charge on any atom is 0.223 e. The quantitative estimate of drug-likeness (QED) is 0.837. The van der Waals surface area contributed by atoms with Gasteiger partial charge in [0, 0.05) is 37.1 Å². The van der Waals surface area contributed by atoms with Gasteiger partial charge in [0.1, 0.15) is 0 Å². The molecule has 2 heterocycles. The predicted octanol–water partition coefficient (Wildman–Crippen LogP) is 2.74. The second-order valence-electron chi connectivity index (χ2n) is 5.19. The van der Waals surface area contributed by atoms with E-state index in [9.17, 15) is 4.79 Å². The number of fused-ring (bicyclic) bond motifs is 1. The van der Waals surface area contributed by atoms with Crippen LogP contribution in [0.3, 0.4) is 0 Å². The molecular formula is C16H18N2O. The molecule has 19 heavy (non-hydrogen) atoms. The van der Waals surface area contributed by atoms with E-state index in [2.05, 4.69) is 35.8 Å². The van der Waals surface area contributed by atoms with Crippen LogP contribution in [-0.2, 0) is 11.2 Å². The molecule has 1 aliphatic heterocycles. The van der Waals surface area contributed by atoms with E-state index in [1.54, 1.807) is 0 Å². The third-order valence-corrected chi connectivity index (χ3v) is 3.87. The Bertz CT molecular complexity index is 614. The number of nitrogens with one attached hydrogen (secondary N) is 1. The highest BCUT2D eigenvalue weighted by molar-refractivity contribution is 5.80. The summed E-state index contributed by atoms with van der Waals surface area (Å²) >= 11 is 0. The van der Waals surface area contributed by atoms with Gasteiger partial charge in [0.15, 0.2) is 0 Å². The van der Waals surface area contributed by atoms with Crippen LogP contribution in [-0.4, -0.2) is 28.9 Å². The molecule has 1 aromatic heterocycles. The van der Waals surface area contributed by atoms with E-state index in [0.717, 1.165) is 25.0 Å². The summed E-state index contributed by atoms with van der Waals surface area (Å²) in [5, 5.41) is 1.23. The highest BCUT2D eigenvalue weighted by Gasteiger charge is 2.26. The SMILES string of the molecule is C=CC1CC(=O)N(CCc2ccc3cc[nH]c3c2)C1. The number of benzene rings is 1. The molecule has 0 radical (unpaired) electrons. The Balaban J connectivity index is 1.65. The van der Waals surface area contributed by atoms with Crippen LogP contribution in [0.4, 0.5) is 0 Å². The van der Waals surface area contributed by atoms with E-state index in [-0.39, 0.29) is 5.91 Å². The highest BCUT2D eigenvalue weighted by Crippen LogP contribution is 2.19. The zero-order chi connectivity index (χ0) is 13.2. The first-order valence-corrected chi connectivity index (χ1v) is 6.72. The number of amides is 1. The van der Waals surface area contributed by atoms with Crippen LogP contribution in [0, 0.1) is 5.92 Å². The normalized spacial score (nSPS) is 19.3. The van der Waals surface area contributed by atoms with Crippen molar-refractivity contribution in [3.63, 3.8) is 0 Å². The van der Waals surface area contributed by atoms with Crippen molar-refractivity contribution in [2.45, 2.75) is 12.8 Å². The highest BCUT2D eigenvalue weighted by atomic mass is 16.2. The second-order valence-corrected chi connectivity index (χ2v) is 5.19. The summed E-state index contributed by atoms with van der Waals surface area (Å²) in [6, 6.07) is 8.50. The number of H-pyrrole nitrogens is 1. The number of hydrogen-bond acceptors (Lipinski definition) is 1. The first-order valence-electron chi connectivity index (χ1n) is 6.72. The minimum Gasteiger partial charge on any atom is -0.361 e. The van der Waals surface area contributed by atoms with Crippen molar-refractivity contribution < 1.29 is 4.79 Å². The lowest BCUT2D eigenvalue weighted by atomic mass is 10.1. The topological polar surface area (TPSA) is 36.1 Å². The number of likely N-dealkylation sites (tertiary alicyclic amines) is 1. The van der Waals surface area contributed by atoms with Crippen molar-refractivity contribution in [2.24, 2.45) is 5.92 Å². The third kappa shape index (κ3) is 2.41. The molecule has 2 aromatic rings. The molecule has 0 spiro atoms. The molecule has 1 N–H and O–H groups in total. The Labute approximate surface area is 112 Å². The van der Waals surface area contributed by atoms with Crippen LogP contribution in [0.5, 0.6) is 0 Å². The van der Waals surface area contributed by atoms with Crippen LogP contribution in [0.2, 0.25) is 0 Å². The Hall–Kier alpha value is -2.03. The molecule has 3 rings (SSSR count). The molecule has 3 nitrogen and oxygen atoms in total. The molecule has 0 saturated carbocycles. The summed E-state index contributed by atoms with van der Waals surface area (Å²) in [7, 11) is 0. The van der Waals surface area contributed by atoms with Gasteiger partial charge in [-0.15, -0.1) is 6.58 Å². The van der Waals surface area contributed by atoms with Gasteiger partial charge in [-0.3, -0.25) is 4.79 Å². The van der Waals surface area contributed by atoms with Crippen molar-refractivity contribution in [3.8, 4) is 0 Å². The number of rotatable bonds is 4. The molecule has 1 saturated heterocycles. The maximum atomic E-state index is 11.8. The van der Waals surface area contributed by atoms with Crippen molar-refractivity contribution >= 4 is 16.8 Å². The van der Waals surface area contributed by atoms with Gasteiger partial charge in [-0.2, -0.15) is 0 Å². The fourth-order valence-corrected chi connectivity index (χ4v) is 2.69. The van der Waals surface area contributed by atoms with Gasteiger partial charge >= 0.3 is 0 Å². The first kappa shape index (κ1) is 12.0. The van der Waals surface area contributed by atoms with Gasteiger partial charge in [0.05, 0.1) is 0 Å². The standard InChI is InChI=1S/C16H18N2O/c1-2-12-10-16(19)18(11-12)8-6-13-3-4-14-5-7-17-15(14)9-13/h2-5,7,9,12,17H,1,6,8,10-11H2. The van der Waals surface area contributed by atoms with Crippen LogP contribution >= 0.6 is 0 Å². The lowest BCUT2D eigenvalue weighted by Gasteiger charge is -2.15. The monoisotopic (exact) mass is 254 g/mol. The van der Waals surface area contributed by atoms with Crippen LogP contribution in [0.15, 0.2) is 43.1 Å². The molecular weight excluding hydrogens is 236 g/mol. The average Bonchev–Trinajstić information content (AvgIpc) is 3.02. The summed E-state index contributed by atoms with van der Waals surface area (Å²) in [4.78, 5) is 17.0. The van der Waals surface area contributed by atoms with E-state index in [1.807, 2.05) is 17.2 Å². The van der Waals surface area contributed by atoms with Gasteiger partial charge in [0.2, 0.25) is 5.91 Å². The van der Waals surface area contributed by atoms with E-state index in [4.69, 9.17) is 0 Å². The van der Waals surface area contributed by atoms with Gasteiger partial charge in [-0.1, -0.05) is 18.2 Å². The number of carbonyl (C=O) groups excluding carboxylic acids is 1. The van der Waals surface area contributed by atoms with E-state index in [0.29, 0.717) is 12.3 Å². The lowest BCUT2D eigenvalue weighted by molar-refractivity contribution is -0.127. The van der Waals surface area contributed by atoms with Gasteiger partial charge in [-0.05, 0) is 29.5 Å². The number of aromatic amines is 1. The Kier molecular flexibility index (Phi) is 3.11. The molecule has 0 bridgehead atoms. The molecule has 1 aromatic carbocycles. The maximum absolute atomic E-state index is 11.8. The number of aromatic nitrogens is 1. The Morgan fingerprint density at radius 2 is 2.32 bits per heavy atom. The van der Waals surface area contributed by atoms with Crippen molar-refractivity contribution in [1.82, 2.24) is 9.88 Å². The van der Waals surface area contributed by atoms with Gasteiger partial charge in [0.25, 0.3) is 0 Å². The molecule has 1 amide bonds. The Morgan fingerprint density at radius 3 is 3.11 bits per heavy atom. The van der Waals surface area contributed by atoms with Crippen LogP contribution in [0.1, 0.15) is 12.0 Å². The first-order chi connectivity index (χ1) is 9.26.